The lowest BCUT2D eigenvalue weighted by Gasteiger charge is -2.36. The summed E-state index contributed by atoms with van der Waals surface area (Å²) in [5, 5.41) is 0.537. The summed E-state index contributed by atoms with van der Waals surface area (Å²) in [4.78, 5) is 31.9. The molecule has 0 radical (unpaired) electrons. The number of amides is 2. The number of anilines is 1. The standard InChI is InChI=1S/C22H21ClFN3O2/c1-2-25-11-13-26(14-12-25)20-19(15-7-9-16(23)10-8-15)21(28)27(22(20)29)18-6-4-3-5-17(18)24/h3-10H,2,11-14H2,1H3. The molecule has 5 nitrogen and oxygen atoms in total. The van der Waals surface area contributed by atoms with Gasteiger partial charge >= 0.3 is 0 Å². The van der Waals surface area contributed by atoms with E-state index in [1.54, 1.807) is 30.3 Å². The van der Waals surface area contributed by atoms with Crippen molar-refractivity contribution in [2.75, 3.05) is 37.6 Å². The maximum atomic E-state index is 14.4. The minimum absolute atomic E-state index is 0.0313. The van der Waals surface area contributed by atoms with Crippen LogP contribution in [0.5, 0.6) is 0 Å². The van der Waals surface area contributed by atoms with Crippen molar-refractivity contribution in [1.82, 2.24) is 9.80 Å². The second-order valence-corrected chi connectivity index (χ2v) is 7.49. The van der Waals surface area contributed by atoms with Crippen LogP contribution in [0.2, 0.25) is 5.02 Å². The fraction of sp³-hybridized carbons (Fsp3) is 0.273. The van der Waals surface area contributed by atoms with E-state index in [9.17, 15) is 14.0 Å². The number of nitrogens with zero attached hydrogens (tertiary/aromatic N) is 3. The van der Waals surface area contributed by atoms with Gasteiger partial charge in [0.1, 0.15) is 11.5 Å². The third-order valence-corrected chi connectivity index (χ3v) is 5.67. The molecule has 0 aromatic heterocycles. The van der Waals surface area contributed by atoms with Crippen LogP contribution in [0.15, 0.2) is 54.2 Å². The highest BCUT2D eigenvalue weighted by Gasteiger charge is 2.43. The van der Waals surface area contributed by atoms with Crippen molar-refractivity contribution in [3.05, 3.63) is 70.6 Å². The summed E-state index contributed by atoms with van der Waals surface area (Å²) in [6, 6.07) is 12.6. The summed E-state index contributed by atoms with van der Waals surface area (Å²) in [5.74, 6) is -1.62. The molecular weight excluding hydrogens is 393 g/mol. The molecule has 29 heavy (non-hydrogen) atoms. The number of para-hydroxylation sites is 1. The number of carbonyl (C=O) groups excluding carboxylic acids is 2. The minimum Gasteiger partial charge on any atom is -0.364 e. The van der Waals surface area contributed by atoms with E-state index in [1.165, 1.54) is 18.2 Å². The Hall–Kier alpha value is -2.70. The van der Waals surface area contributed by atoms with Crippen LogP contribution in [0.4, 0.5) is 10.1 Å². The van der Waals surface area contributed by atoms with E-state index in [2.05, 4.69) is 11.8 Å². The highest BCUT2D eigenvalue weighted by molar-refractivity contribution is 6.45. The van der Waals surface area contributed by atoms with Crippen molar-refractivity contribution in [2.45, 2.75) is 6.92 Å². The Balaban J connectivity index is 1.79. The molecule has 1 fully saturated rings. The molecule has 0 aliphatic carbocycles. The summed E-state index contributed by atoms with van der Waals surface area (Å²) in [6.45, 7) is 5.89. The van der Waals surface area contributed by atoms with Crippen LogP contribution < -0.4 is 4.90 Å². The van der Waals surface area contributed by atoms with Gasteiger partial charge < -0.3 is 9.80 Å². The van der Waals surface area contributed by atoms with Crippen LogP contribution in [0.3, 0.4) is 0 Å². The predicted molar refractivity (Wildman–Crippen MR) is 111 cm³/mol. The van der Waals surface area contributed by atoms with E-state index >= 15 is 0 Å². The highest BCUT2D eigenvalue weighted by atomic mass is 35.5. The molecule has 2 amide bonds. The number of piperazine rings is 1. The summed E-state index contributed by atoms with van der Waals surface area (Å²) in [7, 11) is 0. The second kappa shape index (κ2) is 7.97. The smallest absolute Gasteiger partial charge is 0.282 e. The largest absolute Gasteiger partial charge is 0.364 e. The van der Waals surface area contributed by atoms with Gasteiger partial charge in [-0.2, -0.15) is 0 Å². The van der Waals surface area contributed by atoms with Crippen LogP contribution in [-0.2, 0) is 9.59 Å². The number of rotatable bonds is 4. The van der Waals surface area contributed by atoms with Gasteiger partial charge in [0.2, 0.25) is 0 Å². The molecule has 0 N–H and O–H groups in total. The van der Waals surface area contributed by atoms with Gasteiger partial charge in [0.15, 0.2) is 0 Å². The van der Waals surface area contributed by atoms with Crippen molar-refractivity contribution in [3.63, 3.8) is 0 Å². The zero-order valence-corrected chi connectivity index (χ0v) is 16.8. The Labute approximate surface area is 174 Å². The number of benzene rings is 2. The molecule has 4 rings (SSSR count). The third-order valence-electron chi connectivity index (χ3n) is 5.42. The van der Waals surface area contributed by atoms with Crippen molar-refractivity contribution in [2.24, 2.45) is 0 Å². The molecular formula is C22H21ClFN3O2. The Morgan fingerprint density at radius 2 is 1.59 bits per heavy atom. The molecule has 0 atom stereocenters. The first kappa shape index (κ1) is 19.6. The van der Waals surface area contributed by atoms with Crippen LogP contribution in [0, 0.1) is 5.82 Å². The number of imide groups is 1. The summed E-state index contributed by atoms with van der Waals surface area (Å²) in [5.41, 5.74) is 1.19. The van der Waals surface area contributed by atoms with Gasteiger partial charge in [-0.05, 0) is 36.4 Å². The van der Waals surface area contributed by atoms with E-state index in [0.717, 1.165) is 24.5 Å². The van der Waals surface area contributed by atoms with Crippen LogP contribution in [0.1, 0.15) is 12.5 Å². The normalized spacial score (nSPS) is 18.2. The maximum Gasteiger partial charge on any atom is 0.282 e. The maximum absolute atomic E-state index is 14.4. The lowest BCUT2D eigenvalue weighted by molar-refractivity contribution is -0.120. The average Bonchev–Trinajstić information content (AvgIpc) is 2.99. The molecule has 7 heteroatoms. The number of hydrogen-bond donors (Lipinski definition) is 0. The van der Waals surface area contributed by atoms with Crippen LogP contribution in [0.25, 0.3) is 5.57 Å². The van der Waals surface area contributed by atoms with Crippen LogP contribution in [-0.4, -0.2) is 54.3 Å². The molecule has 150 valence electrons. The minimum atomic E-state index is -0.610. The van der Waals surface area contributed by atoms with E-state index in [4.69, 9.17) is 11.6 Å². The number of carbonyl (C=O) groups is 2. The lowest BCUT2D eigenvalue weighted by atomic mass is 10.0. The molecule has 0 bridgehead atoms. The first-order valence-electron chi connectivity index (χ1n) is 9.62. The van der Waals surface area contributed by atoms with E-state index < -0.39 is 17.6 Å². The molecule has 0 unspecified atom stereocenters. The quantitative estimate of drug-likeness (QED) is 0.720. The van der Waals surface area contributed by atoms with Gasteiger partial charge in [0, 0.05) is 31.2 Å². The Morgan fingerprint density at radius 3 is 2.21 bits per heavy atom. The summed E-state index contributed by atoms with van der Waals surface area (Å²) in [6.07, 6.45) is 0. The van der Waals surface area contributed by atoms with Gasteiger partial charge in [-0.25, -0.2) is 9.29 Å². The first-order valence-corrected chi connectivity index (χ1v) is 10.00. The fourth-order valence-corrected chi connectivity index (χ4v) is 3.95. The molecule has 0 saturated carbocycles. The summed E-state index contributed by atoms with van der Waals surface area (Å²) >= 11 is 6.00. The fourth-order valence-electron chi connectivity index (χ4n) is 3.83. The molecule has 2 heterocycles. The van der Waals surface area contributed by atoms with E-state index in [1.807, 2.05) is 4.90 Å². The number of likely N-dealkylation sites (N-methyl/N-ethyl adjacent to an activating group) is 1. The molecule has 2 aliphatic heterocycles. The zero-order valence-electron chi connectivity index (χ0n) is 16.1. The van der Waals surface area contributed by atoms with Gasteiger partial charge in [-0.1, -0.05) is 42.8 Å². The lowest BCUT2D eigenvalue weighted by Crippen LogP contribution is -2.47. The van der Waals surface area contributed by atoms with Crippen LogP contribution >= 0.6 is 11.6 Å². The van der Waals surface area contributed by atoms with Crippen molar-refractivity contribution >= 4 is 34.7 Å². The average molecular weight is 414 g/mol. The van der Waals surface area contributed by atoms with E-state index in [-0.39, 0.29) is 5.69 Å². The summed E-state index contributed by atoms with van der Waals surface area (Å²) < 4.78 is 14.4. The van der Waals surface area contributed by atoms with Crippen molar-refractivity contribution in [1.29, 1.82) is 0 Å². The monoisotopic (exact) mass is 413 g/mol. The highest BCUT2D eigenvalue weighted by Crippen LogP contribution is 2.36. The first-order chi connectivity index (χ1) is 14.0. The van der Waals surface area contributed by atoms with Crippen molar-refractivity contribution in [3.8, 4) is 0 Å². The second-order valence-electron chi connectivity index (χ2n) is 7.05. The topological polar surface area (TPSA) is 43.9 Å². The third kappa shape index (κ3) is 3.54. The van der Waals surface area contributed by atoms with Gasteiger partial charge in [-0.3, -0.25) is 9.59 Å². The number of hydrogen-bond acceptors (Lipinski definition) is 4. The van der Waals surface area contributed by atoms with E-state index in [0.29, 0.717) is 34.9 Å². The Kier molecular flexibility index (Phi) is 5.39. The Morgan fingerprint density at radius 1 is 0.931 bits per heavy atom. The molecule has 1 saturated heterocycles. The van der Waals surface area contributed by atoms with Gasteiger partial charge in [0.25, 0.3) is 11.8 Å². The molecule has 2 aliphatic rings. The molecule has 0 spiro atoms. The zero-order chi connectivity index (χ0) is 20.5. The molecule has 2 aromatic rings. The Bertz CT molecular complexity index is 982. The van der Waals surface area contributed by atoms with Gasteiger partial charge in [-0.15, -0.1) is 0 Å². The van der Waals surface area contributed by atoms with Gasteiger partial charge in [0.05, 0.1) is 11.3 Å². The number of halogens is 2. The molecule has 2 aromatic carbocycles. The SMILES string of the molecule is CCN1CCN(C2=C(c3ccc(Cl)cc3)C(=O)N(c3ccccc3F)C2=O)CC1. The predicted octanol–water partition coefficient (Wildman–Crippen LogP) is 3.40. The van der Waals surface area contributed by atoms with Crippen molar-refractivity contribution < 1.29 is 14.0 Å².